The van der Waals surface area contributed by atoms with Gasteiger partial charge in [-0.3, -0.25) is 10.1 Å². The maximum Gasteiger partial charge on any atom is 0.311 e. The normalized spacial score (nSPS) is 10.7. The molecule has 0 aliphatic carbocycles. The van der Waals surface area contributed by atoms with Crippen LogP contribution in [0.5, 0.6) is 5.75 Å². The van der Waals surface area contributed by atoms with E-state index in [1.165, 1.54) is 6.26 Å². The van der Waals surface area contributed by atoms with Crippen molar-refractivity contribution in [3.63, 3.8) is 0 Å². The molecular weight excluding hydrogens is 327 g/mol. The second kappa shape index (κ2) is 6.72. The maximum absolute atomic E-state index is 13.3. The van der Waals surface area contributed by atoms with Gasteiger partial charge >= 0.3 is 5.69 Å². The summed E-state index contributed by atoms with van der Waals surface area (Å²) < 4.78 is 24.1. The molecule has 3 rings (SSSR count). The number of halogens is 1. The van der Waals surface area contributed by atoms with Gasteiger partial charge in [0, 0.05) is 17.7 Å². The number of aromatic nitrogens is 1. The molecule has 0 atom stereocenters. The van der Waals surface area contributed by atoms with Gasteiger partial charge in [-0.05, 0) is 31.5 Å². The van der Waals surface area contributed by atoms with Crippen LogP contribution in [-0.2, 0) is 6.61 Å². The highest BCUT2D eigenvalue weighted by atomic mass is 19.1. The van der Waals surface area contributed by atoms with Crippen LogP contribution in [0.25, 0.3) is 11.5 Å². The summed E-state index contributed by atoms with van der Waals surface area (Å²) in [7, 11) is 0. The van der Waals surface area contributed by atoms with Crippen molar-refractivity contribution in [3.05, 3.63) is 75.4 Å². The number of ether oxygens (including phenoxy) is 1. The Labute approximate surface area is 143 Å². The predicted molar refractivity (Wildman–Crippen MR) is 88.8 cm³/mol. The second-order valence-corrected chi connectivity index (χ2v) is 5.62. The molecule has 6 nitrogen and oxygen atoms in total. The quantitative estimate of drug-likeness (QED) is 0.501. The first-order chi connectivity index (χ1) is 11.9. The lowest BCUT2D eigenvalue weighted by Crippen LogP contribution is -2.00. The summed E-state index contributed by atoms with van der Waals surface area (Å²) in [5.74, 6) is -0.331. The fourth-order valence-electron chi connectivity index (χ4n) is 2.46. The summed E-state index contributed by atoms with van der Waals surface area (Å²) in [6, 6.07) is 8.94. The third kappa shape index (κ3) is 3.65. The highest BCUT2D eigenvalue weighted by molar-refractivity contribution is 5.59. The lowest BCUT2D eigenvalue weighted by Gasteiger charge is -2.05. The van der Waals surface area contributed by atoms with E-state index in [-0.39, 0.29) is 18.0 Å². The standard InChI is InChI=1S/C18H15FN2O4/c1-11-3-5-15(12(2)7-11)18-20-14(10-25-18)9-24-17-8-13(19)4-6-16(17)21(22)23/h3-8,10H,9H2,1-2H3. The van der Waals surface area contributed by atoms with Gasteiger partial charge in [-0.2, -0.15) is 0 Å². The monoisotopic (exact) mass is 342 g/mol. The van der Waals surface area contributed by atoms with E-state index in [4.69, 9.17) is 9.15 Å². The summed E-state index contributed by atoms with van der Waals surface area (Å²) in [4.78, 5) is 14.7. The largest absolute Gasteiger partial charge is 0.480 e. The number of nitrogens with zero attached hydrogens (tertiary/aromatic N) is 2. The lowest BCUT2D eigenvalue weighted by molar-refractivity contribution is -0.386. The Balaban J connectivity index is 1.79. The van der Waals surface area contributed by atoms with Gasteiger partial charge in [-0.1, -0.05) is 17.7 Å². The van der Waals surface area contributed by atoms with Crippen molar-refractivity contribution in [1.29, 1.82) is 0 Å². The Hall–Kier alpha value is -3.22. The van der Waals surface area contributed by atoms with E-state index < -0.39 is 10.7 Å². The summed E-state index contributed by atoms with van der Waals surface area (Å²) in [5, 5.41) is 11.0. The van der Waals surface area contributed by atoms with E-state index in [1.807, 2.05) is 32.0 Å². The fraction of sp³-hybridized carbons (Fsp3) is 0.167. The zero-order chi connectivity index (χ0) is 18.0. The number of rotatable bonds is 5. The Bertz CT molecular complexity index is 937. The smallest absolute Gasteiger partial charge is 0.311 e. The van der Waals surface area contributed by atoms with Crippen LogP contribution in [0.3, 0.4) is 0 Å². The summed E-state index contributed by atoms with van der Waals surface area (Å²) in [6.07, 6.45) is 1.42. The Morgan fingerprint density at radius 3 is 2.76 bits per heavy atom. The van der Waals surface area contributed by atoms with Crippen molar-refractivity contribution in [2.45, 2.75) is 20.5 Å². The van der Waals surface area contributed by atoms with Crippen molar-refractivity contribution < 1.29 is 18.5 Å². The zero-order valence-electron chi connectivity index (χ0n) is 13.7. The Morgan fingerprint density at radius 2 is 2.04 bits per heavy atom. The number of hydrogen-bond donors (Lipinski definition) is 0. The van der Waals surface area contributed by atoms with Crippen molar-refractivity contribution in [3.8, 4) is 17.2 Å². The highest BCUT2D eigenvalue weighted by Crippen LogP contribution is 2.29. The van der Waals surface area contributed by atoms with Crippen LogP contribution in [-0.4, -0.2) is 9.91 Å². The predicted octanol–water partition coefficient (Wildman–Crippen LogP) is 4.58. The molecule has 0 N–H and O–H groups in total. The van der Waals surface area contributed by atoms with Crippen molar-refractivity contribution in [2.75, 3.05) is 0 Å². The second-order valence-electron chi connectivity index (χ2n) is 5.62. The van der Waals surface area contributed by atoms with E-state index in [0.29, 0.717) is 11.6 Å². The number of hydrogen-bond acceptors (Lipinski definition) is 5. The van der Waals surface area contributed by atoms with E-state index in [0.717, 1.165) is 34.9 Å². The molecule has 0 radical (unpaired) electrons. The van der Waals surface area contributed by atoms with Gasteiger partial charge in [-0.15, -0.1) is 0 Å². The van der Waals surface area contributed by atoms with E-state index in [1.54, 1.807) is 0 Å². The first kappa shape index (κ1) is 16.6. The van der Waals surface area contributed by atoms with Crippen molar-refractivity contribution in [2.24, 2.45) is 0 Å². The van der Waals surface area contributed by atoms with Gasteiger partial charge in [0.05, 0.1) is 4.92 Å². The average Bonchev–Trinajstić information content (AvgIpc) is 3.01. The third-order valence-electron chi connectivity index (χ3n) is 3.66. The Morgan fingerprint density at radius 1 is 1.24 bits per heavy atom. The van der Waals surface area contributed by atoms with E-state index in [2.05, 4.69) is 4.98 Å². The summed E-state index contributed by atoms with van der Waals surface area (Å²) in [6.45, 7) is 3.88. The number of nitro groups is 1. The van der Waals surface area contributed by atoms with Crippen LogP contribution < -0.4 is 4.74 Å². The van der Waals surface area contributed by atoms with Gasteiger partial charge in [0.15, 0.2) is 5.75 Å². The van der Waals surface area contributed by atoms with E-state index in [9.17, 15) is 14.5 Å². The van der Waals surface area contributed by atoms with E-state index >= 15 is 0 Å². The average molecular weight is 342 g/mol. The molecule has 2 aromatic carbocycles. The molecule has 128 valence electrons. The maximum atomic E-state index is 13.3. The minimum atomic E-state index is -0.626. The van der Waals surface area contributed by atoms with Gasteiger partial charge in [0.1, 0.15) is 24.4 Å². The molecule has 0 saturated carbocycles. The third-order valence-corrected chi connectivity index (χ3v) is 3.66. The summed E-state index contributed by atoms with van der Waals surface area (Å²) >= 11 is 0. The molecule has 0 bridgehead atoms. The minimum absolute atomic E-state index is 0.0707. The van der Waals surface area contributed by atoms with Crippen LogP contribution in [0.1, 0.15) is 16.8 Å². The lowest BCUT2D eigenvalue weighted by atomic mass is 10.1. The summed E-state index contributed by atoms with van der Waals surface area (Å²) in [5.41, 5.74) is 3.16. The molecule has 1 heterocycles. The number of benzene rings is 2. The minimum Gasteiger partial charge on any atom is -0.480 e. The molecule has 7 heteroatoms. The number of oxazole rings is 1. The molecule has 25 heavy (non-hydrogen) atoms. The Kier molecular flexibility index (Phi) is 4.47. The molecule has 0 unspecified atom stereocenters. The topological polar surface area (TPSA) is 78.4 Å². The van der Waals surface area contributed by atoms with Gasteiger partial charge < -0.3 is 9.15 Å². The number of nitro benzene ring substituents is 1. The molecule has 3 aromatic rings. The molecule has 0 saturated heterocycles. The molecule has 0 fully saturated rings. The fourth-order valence-corrected chi connectivity index (χ4v) is 2.46. The molecule has 0 spiro atoms. The molecule has 0 amide bonds. The van der Waals surface area contributed by atoms with Gasteiger partial charge in [0.2, 0.25) is 5.89 Å². The van der Waals surface area contributed by atoms with Crippen LogP contribution in [0.2, 0.25) is 0 Å². The molecule has 1 aromatic heterocycles. The van der Waals surface area contributed by atoms with Crippen LogP contribution >= 0.6 is 0 Å². The zero-order valence-corrected chi connectivity index (χ0v) is 13.7. The highest BCUT2D eigenvalue weighted by Gasteiger charge is 2.17. The first-order valence-corrected chi connectivity index (χ1v) is 7.53. The van der Waals surface area contributed by atoms with Gasteiger partial charge in [0.25, 0.3) is 0 Å². The molecule has 0 aliphatic rings. The molecule has 0 aliphatic heterocycles. The van der Waals surface area contributed by atoms with Gasteiger partial charge in [-0.25, -0.2) is 9.37 Å². The SMILES string of the molecule is Cc1ccc(-c2nc(COc3cc(F)ccc3[N+](=O)[O-])co2)c(C)c1. The van der Waals surface area contributed by atoms with Crippen molar-refractivity contribution >= 4 is 5.69 Å². The van der Waals surface area contributed by atoms with Crippen LogP contribution in [0.4, 0.5) is 10.1 Å². The number of aryl methyl sites for hydroxylation is 2. The molecular formula is C18H15FN2O4. The van der Waals surface area contributed by atoms with Crippen LogP contribution in [0.15, 0.2) is 47.1 Å². The van der Waals surface area contributed by atoms with Crippen molar-refractivity contribution in [1.82, 2.24) is 4.98 Å². The van der Waals surface area contributed by atoms with Crippen LogP contribution in [0, 0.1) is 29.8 Å². The first-order valence-electron chi connectivity index (χ1n) is 7.53.